The van der Waals surface area contributed by atoms with Gasteiger partial charge in [-0.05, 0) is 72.5 Å². The second kappa shape index (κ2) is 16.3. The molecule has 1 aliphatic carbocycles. The van der Waals surface area contributed by atoms with Crippen molar-refractivity contribution in [2.75, 3.05) is 10.8 Å². The number of sulfonamides is 1. The van der Waals surface area contributed by atoms with E-state index in [1.54, 1.807) is 42.5 Å². The smallest absolute Gasteiger partial charge is 0.264 e. The quantitative estimate of drug-likeness (QED) is 0.132. The Morgan fingerprint density at radius 2 is 1.20 bits per heavy atom. The number of rotatable bonds is 14. The van der Waals surface area contributed by atoms with Crippen molar-refractivity contribution >= 4 is 27.5 Å². The molecule has 9 heteroatoms. The largest absolute Gasteiger partial charge is 0.457 e. The second-order valence-electron chi connectivity index (χ2n) is 12.4. The molecule has 8 nitrogen and oxygen atoms in total. The number of hydrogen-bond acceptors (Lipinski definition) is 5. The van der Waals surface area contributed by atoms with Crippen molar-refractivity contribution in [1.29, 1.82) is 0 Å². The number of nitrogens with one attached hydrogen (secondary N) is 1. The van der Waals surface area contributed by atoms with E-state index >= 15 is 0 Å². The molecule has 1 N–H and O–H groups in total. The fraction of sp³-hybridized carbons (Fsp3) is 0.220. The average molecular weight is 688 g/mol. The van der Waals surface area contributed by atoms with Crippen molar-refractivity contribution in [2.24, 2.45) is 0 Å². The molecule has 0 aliphatic heterocycles. The van der Waals surface area contributed by atoms with Gasteiger partial charge in [-0.2, -0.15) is 0 Å². The number of ether oxygens (including phenoxy) is 1. The minimum absolute atomic E-state index is 0.0426. The fourth-order valence-electron chi connectivity index (χ4n) is 6.26. The maximum absolute atomic E-state index is 14.7. The number of para-hydroxylation sites is 1. The summed E-state index contributed by atoms with van der Waals surface area (Å²) in [4.78, 5) is 30.4. The summed E-state index contributed by atoms with van der Waals surface area (Å²) < 4.78 is 35.7. The molecule has 1 fully saturated rings. The van der Waals surface area contributed by atoms with Gasteiger partial charge in [-0.3, -0.25) is 13.9 Å². The number of hydrogen-bond donors (Lipinski definition) is 1. The Bertz CT molecular complexity index is 1940. The van der Waals surface area contributed by atoms with Crippen molar-refractivity contribution in [3.63, 3.8) is 0 Å². The lowest BCUT2D eigenvalue weighted by atomic mass is 10.0. The van der Waals surface area contributed by atoms with Gasteiger partial charge in [-0.1, -0.05) is 110 Å². The molecule has 2 amide bonds. The molecule has 0 heterocycles. The molecule has 0 aromatic heterocycles. The van der Waals surface area contributed by atoms with E-state index in [1.165, 1.54) is 17.0 Å². The summed E-state index contributed by atoms with van der Waals surface area (Å²) in [6.45, 7) is -0.400. The lowest BCUT2D eigenvalue weighted by molar-refractivity contribution is -0.140. The molecule has 6 rings (SSSR count). The Morgan fingerprint density at radius 1 is 0.680 bits per heavy atom. The molecule has 50 heavy (non-hydrogen) atoms. The van der Waals surface area contributed by atoms with E-state index in [9.17, 15) is 18.0 Å². The molecule has 0 radical (unpaired) electrons. The third-order valence-electron chi connectivity index (χ3n) is 8.88. The molecular weight excluding hydrogens is 647 g/mol. The van der Waals surface area contributed by atoms with Gasteiger partial charge in [-0.15, -0.1) is 0 Å². The van der Waals surface area contributed by atoms with Crippen molar-refractivity contribution < 1.29 is 22.7 Å². The Kier molecular flexibility index (Phi) is 11.3. The summed E-state index contributed by atoms with van der Waals surface area (Å²) in [7, 11) is -4.21. The number of anilines is 1. The summed E-state index contributed by atoms with van der Waals surface area (Å²) >= 11 is 0. The molecule has 0 saturated heterocycles. The summed E-state index contributed by atoms with van der Waals surface area (Å²) in [5, 5.41) is 3.21. The van der Waals surface area contributed by atoms with Gasteiger partial charge in [-0.25, -0.2) is 8.42 Å². The lowest BCUT2D eigenvalue weighted by Gasteiger charge is -2.34. The van der Waals surface area contributed by atoms with Gasteiger partial charge in [0.2, 0.25) is 11.8 Å². The predicted molar refractivity (Wildman–Crippen MR) is 195 cm³/mol. The highest BCUT2D eigenvalue weighted by molar-refractivity contribution is 7.92. The Hall–Kier alpha value is -5.41. The molecule has 256 valence electrons. The van der Waals surface area contributed by atoms with E-state index in [0.717, 1.165) is 41.1 Å². The topological polar surface area (TPSA) is 96.0 Å². The fourth-order valence-corrected chi connectivity index (χ4v) is 7.69. The number of nitrogens with zero attached hydrogens (tertiary/aromatic N) is 2. The van der Waals surface area contributed by atoms with E-state index in [4.69, 9.17) is 4.74 Å². The van der Waals surface area contributed by atoms with Gasteiger partial charge in [0.25, 0.3) is 10.0 Å². The first-order valence-corrected chi connectivity index (χ1v) is 18.4. The van der Waals surface area contributed by atoms with Gasteiger partial charge in [0.1, 0.15) is 24.1 Å². The van der Waals surface area contributed by atoms with Crippen molar-refractivity contribution in [3.8, 4) is 11.5 Å². The molecule has 0 bridgehead atoms. The van der Waals surface area contributed by atoms with Crippen LogP contribution in [0.1, 0.15) is 36.8 Å². The average Bonchev–Trinajstić information content (AvgIpc) is 3.67. The SMILES string of the molecule is O=C(NC1CCCC1)C(Cc1ccccc1)N(Cc1ccccc1)C(=O)CN(c1ccc(Oc2ccccc2)cc1)S(=O)(=O)c1ccccc1. The summed E-state index contributed by atoms with van der Waals surface area (Å²) in [5.74, 6) is 0.409. The van der Waals surface area contributed by atoms with Crippen LogP contribution in [0, 0.1) is 0 Å². The minimum Gasteiger partial charge on any atom is -0.457 e. The van der Waals surface area contributed by atoms with Crippen LogP contribution in [0.3, 0.4) is 0 Å². The Balaban J connectivity index is 1.36. The zero-order valence-electron chi connectivity index (χ0n) is 27.8. The standard InChI is InChI=1S/C41H41N3O5S/c45-40(31-44(50(47,48)38-23-11-4-12-24-38)35-25-27-37(28-26-35)49-36-21-9-3-10-22-36)43(30-33-17-7-2-8-18-33)39(29-32-15-5-1-6-16-32)41(46)42-34-19-13-14-20-34/h1-12,15-18,21-28,34,39H,13-14,19-20,29-31H2,(H,42,46). The third kappa shape index (κ3) is 8.78. The lowest BCUT2D eigenvalue weighted by Crippen LogP contribution is -2.54. The van der Waals surface area contributed by atoms with E-state index in [1.807, 2.05) is 91.0 Å². The first kappa shape index (κ1) is 34.5. The first-order chi connectivity index (χ1) is 24.4. The van der Waals surface area contributed by atoms with Crippen LogP contribution in [-0.2, 0) is 32.6 Å². The van der Waals surface area contributed by atoms with E-state index in [2.05, 4.69) is 5.32 Å². The molecule has 1 saturated carbocycles. The van der Waals surface area contributed by atoms with E-state index in [0.29, 0.717) is 11.5 Å². The van der Waals surface area contributed by atoms with Crippen LogP contribution in [0.25, 0.3) is 0 Å². The van der Waals surface area contributed by atoms with E-state index < -0.39 is 28.5 Å². The number of carbonyl (C=O) groups is 2. The summed E-state index contributed by atoms with van der Waals surface area (Å²) in [6, 6.07) is 42.2. The van der Waals surface area contributed by atoms with Crippen molar-refractivity contribution in [1.82, 2.24) is 10.2 Å². The third-order valence-corrected chi connectivity index (χ3v) is 10.7. The van der Waals surface area contributed by atoms with Gasteiger partial charge in [0.05, 0.1) is 10.6 Å². The minimum atomic E-state index is -4.21. The highest BCUT2D eigenvalue weighted by atomic mass is 32.2. The molecular formula is C41H41N3O5S. The second-order valence-corrected chi connectivity index (χ2v) is 14.3. The summed E-state index contributed by atoms with van der Waals surface area (Å²) in [6.07, 6.45) is 4.15. The van der Waals surface area contributed by atoms with Crippen LogP contribution >= 0.6 is 0 Å². The van der Waals surface area contributed by atoms with Crippen LogP contribution in [0.2, 0.25) is 0 Å². The van der Waals surface area contributed by atoms with Crippen LogP contribution in [0.15, 0.2) is 150 Å². The molecule has 5 aromatic rings. The van der Waals surface area contributed by atoms with Crippen LogP contribution in [0.5, 0.6) is 11.5 Å². The molecule has 1 unspecified atom stereocenters. The van der Waals surface area contributed by atoms with Gasteiger partial charge < -0.3 is 15.0 Å². The zero-order valence-corrected chi connectivity index (χ0v) is 28.6. The number of carbonyl (C=O) groups excluding carboxylic acids is 2. The maximum atomic E-state index is 14.7. The first-order valence-electron chi connectivity index (χ1n) is 17.0. The summed E-state index contributed by atoms with van der Waals surface area (Å²) in [5.41, 5.74) is 2.01. The number of benzene rings is 5. The highest BCUT2D eigenvalue weighted by Crippen LogP contribution is 2.29. The highest BCUT2D eigenvalue weighted by Gasteiger charge is 2.35. The molecule has 1 aliphatic rings. The van der Waals surface area contributed by atoms with Gasteiger partial charge in [0, 0.05) is 19.0 Å². The zero-order chi connectivity index (χ0) is 34.8. The Morgan fingerprint density at radius 3 is 1.80 bits per heavy atom. The van der Waals surface area contributed by atoms with Gasteiger partial charge in [0.15, 0.2) is 0 Å². The normalized spacial score (nSPS) is 13.7. The molecule has 1 atom stereocenters. The number of amides is 2. The van der Waals surface area contributed by atoms with Crippen molar-refractivity contribution in [3.05, 3.63) is 157 Å². The molecule has 0 spiro atoms. The van der Waals surface area contributed by atoms with Crippen LogP contribution < -0.4 is 14.4 Å². The van der Waals surface area contributed by atoms with Gasteiger partial charge >= 0.3 is 0 Å². The van der Waals surface area contributed by atoms with Crippen molar-refractivity contribution in [2.45, 2.75) is 55.6 Å². The van der Waals surface area contributed by atoms with E-state index in [-0.39, 0.29) is 35.5 Å². The predicted octanol–water partition coefficient (Wildman–Crippen LogP) is 7.37. The van der Waals surface area contributed by atoms with Crippen LogP contribution in [0.4, 0.5) is 5.69 Å². The molecule has 5 aromatic carbocycles. The van der Waals surface area contributed by atoms with Crippen LogP contribution in [-0.4, -0.2) is 43.8 Å². The monoisotopic (exact) mass is 687 g/mol. The Labute approximate surface area is 294 Å². The maximum Gasteiger partial charge on any atom is 0.264 e.